The molecule has 0 aromatic heterocycles. The summed E-state index contributed by atoms with van der Waals surface area (Å²) < 4.78 is 6.86. The highest BCUT2D eigenvalue weighted by atomic mass is 79.9. The van der Waals surface area contributed by atoms with E-state index in [1.165, 1.54) is 0 Å². The van der Waals surface area contributed by atoms with Gasteiger partial charge in [-0.3, -0.25) is 0 Å². The summed E-state index contributed by atoms with van der Waals surface area (Å²) in [6, 6.07) is 14.0. The summed E-state index contributed by atoms with van der Waals surface area (Å²) >= 11 is 3.45. The highest BCUT2D eigenvalue weighted by Crippen LogP contribution is 2.26. The van der Waals surface area contributed by atoms with Gasteiger partial charge >= 0.3 is 0 Å². The van der Waals surface area contributed by atoms with Crippen LogP contribution in [0.25, 0.3) is 0 Å². The van der Waals surface area contributed by atoms with Crippen molar-refractivity contribution in [2.45, 2.75) is 19.3 Å². The van der Waals surface area contributed by atoms with Crippen LogP contribution in [0, 0.1) is 0 Å². The van der Waals surface area contributed by atoms with Crippen LogP contribution in [0.3, 0.4) is 0 Å². The lowest BCUT2D eigenvalue weighted by atomic mass is 9.98. The molecule has 1 aliphatic heterocycles. The molecule has 20 heavy (non-hydrogen) atoms. The van der Waals surface area contributed by atoms with Gasteiger partial charge in [-0.15, -0.1) is 0 Å². The number of aliphatic hydroxyl groups is 1. The van der Waals surface area contributed by atoms with Crippen molar-refractivity contribution < 1.29 is 9.84 Å². The second-order valence-electron chi connectivity index (χ2n) is 4.93. The van der Waals surface area contributed by atoms with Gasteiger partial charge in [0.25, 0.3) is 0 Å². The number of β-amino-alcohol motifs (C(OH)–C–C–N with tert-alkyl or cyclic N) is 1. The average Bonchev–Trinajstić information content (AvgIpc) is 2.46. The van der Waals surface area contributed by atoms with Gasteiger partial charge in [0.05, 0.1) is 6.10 Å². The molecule has 0 amide bonds. The Hall–Kier alpha value is -1.36. The fourth-order valence-corrected chi connectivity index (χ4v) is 2.83. The molecule has 0 fully saturated rings. The third-order valence-electron chi connectivity index (χ3n) is 3.42. The molecule has 1 aliphatic rings. The largest absolute Gasteiger partial charge is 0.489 e. The summed E-state index contributed by atoms with van der Waals surface area (Å²) in [7, 11) is 0. The average molecular weight is 334 g/mol. The van der Waals surface area contributed by atoms with Gasteiger partial charge in [-0.2, -0.15) is 0 Å². The second kappa shape index (κ2) is 5.95. The van der Waals surface area contributed by atoms with Gasteiger partial charge in [0.15, 0.2) is 0 Å². The maximum absolute atomic E-state index is 9.98. The number of nitrogens with one attached hydrogen (secondary N) is 1. The predicted molar refractivity (Wildman–Crippen MR) is 81.6 cm³/mol. The summed E-state index contributed by atoms with van der Waals surface area (Å²) in [5.74, 6) is 0.796. The van der Waals surface area contributed by atoms with E-state index in [-0.39, 0.29) is 0 Å². The summed E-state index contributed by atoms with van der Waals surface area (Å²) in [6.45, 7) is 1.92. The van der Waals surface area contributed by atoms with Crippen molar-refractivity contribution in [3.63, 3.8) is 0 Å². The number of benzene rings is 2. The van der Waals surface area contributed by atoms with E-state index >= 15 is 0 Å². The van der Waals surface area contributed by atoms with Crippen LogP contribution in [0.1, 0.15) is 22.8 Å². The van der Waals surface area contributed by atoms with Crippen molar-refractivity contribution in [2.24, 2.45) is 0 Å². The van der Waals surface area contributed by atoms with E-state index in [1.807, 2.05) is 42.5 Å². The third kappa shape index (κ3) is 3.03. The van der Waals surface area contributed by atoms with Gasteiger partial charge < -0.3 is 15.2 Å². The summed E-state index contributed by atoms with van der Waals surface area (Å²) in [5, 5.41) is 13.2. The lowest BCUT2D eigenvalue weighted by molar-refractivity contribution is 0.164. The fraction of sp³-hybridized carbons (Fsp3) is 0.250. The monoisotopic (exact) mass is 333 g/mol. The number of rotatable bonds is 3. The first kappa shape index (κ1) is 13.6. The van der Waals surface area contributed by atoms with Crippen molar-refractivity contribution in [1.82, 2.24) is 5.32 Å². The van der Waals surface area contributed by atoms with Gasteiger partial charge in [-0.05, 0) is 41.0 Å². The normalized spacial score (nSPS) is 17.6. The second-order valence-corrected chi connectivity index (χ2v) is 5.84. The lowest BCUT2D eigenvalue weighted by Gasteiger charge is -2.23. The summed E-state index contributed by atoms with van der Waals surface area (Å²) in [5.41, 5.74) is 3.22. The molecule has 0 spiro atoms. The Balaban J connectivity index is 1.73. The van der Waals surface area contributed by atoms with E-state index in [4.69, 9.17) is 4.74 Å². The van der Waals surface area contributed by atoms with Gasteiger partial charge in [-0.1, -0.05) is 34.1 Å². The molecule has 0 radical (unpaired) electrons. The molecule has 2 aromatic rings. The van der Waals surface area contributed by atoms with Crippen molar-refractivity contribution >= 4 is 15.9 Å². The van der Waals surface area contributed by atoms with E-state index in [2.05, 4.69) is 21.2 Å². The molecule has 0 bridgehead atoms. The van der Waals surface area contributed by atoms with Crippen LogP contribution in [0.2, 0.25) is 0 Å². The first-order chi connectivity index (χ1) is 9.72. The van der Waals surface area contributed by atoms with Gasteiger partial charge in [0, 0.05) is 17.6 Å². The minimum atomic E-state index is -0.451. The molecular formula is C16H16BrNO2. The van der Waals surface area contributed by atoms with Crippen molar-refractivity contribution in [3.05, 3.63) is 63.6 Å². The smallest absolute Gasteiger partial charge is 0.120 e. The molecule has 3 rings (SSSR count). The predicted octanol–water partition coefficient (Wildman–Crippen LogP) is 3.16. The molecule has 3 nitrogen and oxygen atoms in total. The molecule has 4 heteroatoms. The minimum Gasteiger partial charge on any atom is -0.489 e. The van der Waals surface area contributed by atoms with Crippen molar-refractivity contribution in [1.29, 1.82) is 0 Å². The Morgan fingerprint density at radius 1 is 1.25 bits per heavy atom. The van der Waals surface area contributed by atoms with Gasteiger partial charge in [0.2, 0.25) is 0 Å². The van der Waals surface area contributed by atoms with E-state index in [1.54, 1.807) is 0 Å². The first-order valence-corrected chi connectivity index (χ1v) is 7.40. The van der Waals surface area contributed by atoms with Crippen LogP contribution in [0.4, 0.5) is 0 Å². The highest BCUT2D eigenvalue weighted by molar-refractivity contribution is 9.10. The fourth-order valence-electron chi connectivity index (χ4n) is 2.38. The first-order valence-electron chi connectivity index (χ1n) is 6.61. The van der Waals surface area contributed by atoms with E-state index in [9.17, 15) is 5.11 Å². The molecule has 1 atom stereocenters. The molecule has 104 valence electrons. The maximum Gasteiger partial charge on any atom is 0.120 e. The summed E-state index contributed by atoms with van der Waals surface area (Å²) in [6.07, 6.45) is -0.451. The van der Waals surface area contributed by atoms with Crippen LogP contribution >= 0.6 is 15.9 Å². The zero-order chi connectivity index (χ0) is 13.9. The maximum atomic E-state index is 9.98. The Labute approximate surface area is 126 Å². The van der Waals surface area contributed by atoms with E-state index in [0.717, 1.165) is 33.5 Å². The quantitative estimate of drug-likeness (QED) is 0.906. The van der Waals surface area contributed by atoms with Crippen LogP contribution < -0.4 is 10.1 Å². The van der Waals surface area contributed by atoms with Crippen LogP contribution in [-0.2, 0) is 13.2 Å². The SMILES string of the molecule is OC1CNCc2ccc(OCc3cccc(Br)c3)cc21. The topological polar surface area (TPSA) is 41.5 Å². The Morgan fingerprint density at radius 2 is 2.15 bits per heavy atom. The minimum absolute atomic E-state index is 0.451. The number of hydrogen-bond acceptors (Lipinski definition) is 3. The van der Waals surface area contributed by atoms with Crippen molar-refractivity contribution in [2.75, 3.05) is 6.54 Å². The van der Waals surface area contributed by atoms with E-state index in [0.29, 0.717) is 13.2 Å². The van der Waals surface area contributed by atoms with Gasteiger partial charge in [0.1, 0.15) is 12.4 Å². The Kier molecular flexibility index (Phi) is 4.05. The molecule has 1 unspecified atom stereocenters. The lowest BCUT2D eigenvalue weighted by Crippen LogP contribution is -2.27. The Morgan fingerprint density at radius 3 is 3.00 bits per heavy atom. The number of fused-ring (bicyclic) bond motifs is 1. The highest BCUT2D eigenvalue weighted by Gasteiger charge is 2.17. The van der Waals surface area contributed by atoms with Crippen LogP contribution in [0.15, 0.2) is 46.9 Å². The number of halogens is 1. The molecule has 2 N–H and O–H groups in total. The van der Waals surface area contributed by atoms with Crippen LogP contribution in [-0.4, -0.2) is 11.7 Å². The molecule has 1 heterocycles. The Bertz CT molecular complexity index is 615. The van der Waals surface area contributed by atoms with E-state index < -0.39 is 6.10 Å². The number of hydrogen-bond donors (Lipinski definition) is 2. The molecule has 2 aromatic carbocycles. The standard InChI is InChI=1S/C16H16BrNO2/c17-13-3-1-2-11(6-13)10-20-14-5-4-12-8-18-9-16(19)15(12)7-14/h1-7,16,18-19H,8-10H2. The van der Waals surface area contributed by atoms with Crippen LogP contribution in [0.5, 0.6) is 5.75 Å². The molecular weight excluding hydrogens is 318 g/mol. The molecule has 0 saturated carbocycles. The summed E-state index contributed by atoms with van der Waals surface area (Å²) in [4.78, 5) is 0. The number of aliphatic hydroxyl groups excluding tert-OH is 1. The van der Waals surface area contributed by atoms with Gasteiger partial charge in [-0.25, -0.2) is 0 Å². The third-order valence-corrected chi connectivity index (χ3v) is 3.92. The van der Waals surface area contributed by atoms with Crippen molar-refractivity contribution in [3.8, 4) is 5.75 Å². The zero-order valence-corrected chi connectivity index (χ0v) is 12.6. The number of ether oxygens (including phenoxy) is 1. The molecule has 0 aliphatic carbocycles. The zero-order valence-electron chi connectivity index (χ0n) is 11.0. The molecule has 0 saturated heterocycles.